The number of unbranched alkanes of at least 4 members (excludes halogenated alkanes) is 6. The van der Waals surface area contributed by atoms with Crippen LogP contribution in [0.15, 0.2) is 36.4 Å². The molecule has 0 N–H and O–H groups in total. The molecule has 0 radical (unpaired) electrons. The maximum Gasteiger partial charge on any atom is 0.194 e. The van der Waals surface area contributed by atoms with E-state index in [1.807, 2.05) is 0 Å². The predicted molar refractivity (Wildman–Crippen MR) is 119 cm³/mol. The molecule has 0 saturated carbocycles. The van der Waals surface area contributed by atoms with Gasteiger partial charge in [-0.25, -0.2) is 0 Å². The molecule has 160 valence electrons. The number of benzene rings is 2. The fourth-order valence-corrected chi connectivity index (χ4v) is 3.75. The second-order valence-electron chi connectivity index (χ2n) is 7.87. The summed E-state index contributed by atoms with van der Waals surface area (Å²) in [5.41, 5.74) is 1.72. The summed E-state index contributed by atoms with van der Waals surface area (Å²) in [4.78, 5) is 26.0. The number of hydrogen-bond donors (Lipinski definition) is 0. The van der Waals surface area contributed by atoms with Crippen molar-refractivity contribution < 1.29 is 19.1 Å². The highest BCUT2D eigenvalue weighted by atomic mass is 16.5. The van der Waals surface area contributed by atoms with Crippen molar-refractivity contribution in [2.24, 2.45) is 0 Å². The summed E-state index contributed by atoms with van der Waals surface area (Å²) >= 11 is 0. The van der Waals surface area contributed by atoms with Gasteiger partial charge in [-0.1, -0.05) is 76.6 Å². The molecule has 0 heterocycles. The van der Waals surface area contributed by atoms with Crippen molar-refractivity contribution in [3.63, 3.8) is 0 Å². The Hall–Kier alpha value is -2.62. The Labute approximate surface area is 179 Å². The number of carbonyl (C=O) groups excluding carboxylic acids is 2. The van der Waals surface area contributed by atoms with Crippen LogP contribution in [0.1, 0.15) is 97.1 Å². The second-order valence-corrected chi connectivity index (χ2v) is 7.87. The molecule has 0 bridgehead atoms. The highest BCUT2D eigenvalue weighted by molar-refractivity contribution is 6.28. The van der Waals surface area contributed by atoms with E-state index >= 15 is 0 Å². The first-order valence-electron chi connectivity index (χ1n) is 11.3. The van der Waals surface area contributed by atoms with Gasteiger partial charge in [-0.05, 0) is 25.0 Å². The van der Waals surface area contributed by atoms with Crippen molar-refractivity contribution in [2.45, 2.75) is 65.2 Å². The lowest BCUT2D eigenvalue weighted by Crippen LogP contribution is -2.21. The zero-order chi connectivity index (χ0) is 21.3. The second kappa shape index (κ2) is 11.0. The number of hydrogen-bond acceptors (Lipinski definition) is 4. The van der Waals surface area contributed by atoms with E-state index in [9.17, 15) is 9.59 Å². The number of ketones is 2. The van der Waals surface area contributed by atoms with Gasteiger partial charge in [0.25, 0.3) is 0 Å². The summed E-state index contributed by atoms with van der Waals surface area (Å²) in [7, 11) is 0. The van der Waals surface area contributed by atoms with Gasteiger partial charge in [0.1, 0.15) is 0 Å². The monoisotopic (exact) mass is 408 g/mol. The van der Waals surface area contributed by atoms with Gasteiger partial charge in [0.2, 0.25) is 0 Å². The van der Waals surface area contributed by atoms with E-state index in [1.165, 1.54) is 25.7 Å². The Bertz CT molecular complexity index is 813. The zero-order valence-electron chi connectivity index (χ0n) is 18.2. The summed E-state index contributed by atoms with van der Waals surface area (Å²) in [6.45, 7) is 5.50. The van der Waals surface area contributed by atoms with Crippen LogP contribution in [0.25, 0.3) is 0 Å². The number of ether oxygens (including phenoxy) is 2. The molecule has 0 aliphatic heterocycles. The van der Waals surface area contributed by atoms with Crippen LogP contribution in [-0.4, -0.2) is 24.8 Å². The van der Waals surface area contributed by atoms with E-state index < -0.39 is 0 Å². The van der Waals surface area contributed by atoms with Gasteiger partial charge in [0.15, 0.2) is 23.1 Å². The smallest absolute Gasteiger partial charge is 0.194 e. The van der Waals surface area contributed by atoms with E-state index in [0.717, 1.165) is 25.7 Å². The first-order valence-corrected chi connectivity index (χ1v) is 11.3. The van der Waals surface area contributed by atoms with Gasteiger partial charge in [0, 0.05) is 22.3 Å². The molecule has 0 saturated heterocycles. The SMILES string of the molecule is CCCCCCOc1cc2c(cc1OCCCCCC)C(=O)c1ccccc1C2=O. The number of carbonyl (C=O) groups is 2. The number of rotatable bonds is 12. The van der Waals surface area contributed by atoms with Crippen molar-refractivity contribution in [3.05, 3.63) is 58.7 Å². The Morgan fingerprint density at radius 2 is 1.03 bits per heavy atom. The van der Waals surface area contributed by atoms with Gasteiger partial charge < -0.3 is 9.47 Å². The molecule has 0 fully saturated rings. The molecule has 30 heavy (non-hydrogen) atoms. The van der Waals surface area contributed by atoms with Crippen LogP contribution in [0.3, 0.4) is 0 Å². The topological polar surface area (TPSA) is 52.6 Å². The van der Waals surface area contributed by atoms with Crippen LogP contribution in [0, 0.1) is 0 Å². The molecule has 2 aromatic rings. The fraction of sp³-hybridized carbons (Fsp3) is 0.462. The molecule has 1 aliphatic rings. The summed E-state index contributed by atoms with van der Waals surface area (Å²) in [6.07, 6.45) is 8.82. The van der Waals surface area contributed by atoms with Crippen LogP contribution in [-0.2, 0) is 0 Å². The largest absolute Gasteiger partial charge is 0.490 e. The molecule has 4 nitrogen and oxygen atoms in total. The average molecular weight is 409 g/mol. The van der Waals surface area contributed by atoms with Crippen LogP contribution in [0.2, 0.25) is 0 Å². The summed E-state index contributed by atoms with van der Waals surface area (Å²) in [5.74, 6) is 0.846. The lowest BCUT2D eigenvalue weighted by atomic mass is 9.84. The van der Waals surface area contributed by atoms with Crippen LogP contribution < -0.4 is 9.47 Å². The Morgan fingerprint density at radius 3 is 1.43 bits per heavy atom. The number of fused-ring (bicyclic) bond motifs is 2. The first kappa shape index (κ1) is 22.1. The normalized spacial score (nSPS) is 12.5. The van der Waals surface area contributed by atoms with E-state index in [4.69, 9.17) is 9.47 Å². The van der Waals surface area contributed by atoms with E-state index in [2.05, 4.69) is 13.8 Å². The molecule has 0 atom stereocenters. The third-order valence-electron chi connectivity index (χ3n) is 5.50. The molecular weight excluding hydrogens is 376 g/mol. The predicted octanol–water partition coefficient (Wildman–Crippen LogP) is 6.38. The van der Waals surface area contributed by atoms with Crippen molar-refractivity contribution >= 4 is 11.6 Å². The quantitative estimate of drug-likeness (QED) is 0.326. The Morgan fingerprint density at radius 1 is 0.600 bits per heavy atom. The maximum absolute atomic E-state index is 13.0. The van der Waals surface area contributed by atoms with Gasteiger partial charge >= 0.3 is 0 Å². The molecule has 4 heteroatoms. The van der Waals surface area contributed by atoms with Gasteiger partial charge in [-0.15, -0.1) is 0 Å². The van der Waals surface area contributed by atoms with E-state index in [0.29, 0.717) is 47.0 Å². The Kier molecular flexibility index (Phi) is 8.06. The van der Waals surface area contributed by atoms with Gasteiger partial charge in [-0.2, -0.15) is 0 Å². The molecule has 0 unspecified atom stereocenters. The summed E-state index contributed by atoms with van der Waals surface area (Å²) in [6, 6.07) is 10.4. The fourth-order valence-electron chi connectivity index (χ4n) is 3.75. The molecular formula is C26H32O4. The van der Waals surface area contributed by atoms with Gasteiger partial charge in [-0.3, -0.25) is 9.59 Å². The maximum atomic E-state index is 13.0. The van der Waals surface area contributed by atoms with Crippen molar-refractivity contribution in [3.8, 4) is 11.5 Å². The molecule has 0 aromatic heterocycles. The third kappa shape index (κ3) is 5.10. The minimum Gasteiger partial charge on any atom is -0.490 e. The lowest BCUT2D eigenvalue weighted by molar-refractivity contribution is 0.0978. The van der Waals surface area contributed by atoms with Crippen molar-refractivity contribution in [2.75, 3.05) is 13.2 Å². The molecule has 2 aromatic carbocycles. The molecule has 0 amide bonds. The molecule has 1 aliphatic carbocycles. The first-order chi connectivity index (χ1) is 14.7. The van der Waals surface area contributed by atoms with Crippen molar-refractivity contribution in [1.29, 1.82) is 0 Å². The minimum atomic E-state index is -0.134. The molecule has 0 spiro atoms. The standard InChI is InChI=1S/C26H32O4/c1-3-5-7-11-15-29-23-17-21-22(18-24(23)30-16-12-8-6-4-2)26(28)20-14-10-9-13-19(20)25(21)27/h9-10,13-14,17-18H,3-8,11-12,15-16H2,1-2H3. The highest BCUT2D eigenvalue weighted by Gasteiger charge is 2.31. The van der Waals surface area contributed by atoms with E-state index in [1.54, 1.807) is 36.4 Å². The van der Waals surface area contributed by atoms with E-state index in [-0.39, 0.29) is 11.6 Å². The summed E-state index contributed by atoms with van der Waals surface area (Å²) in [5, 5.41) is 0. The highest BCUT2D eigenvalue weighted by Crippen LogP contribution is 2.36. The zero-order valence-corrected chi connectivity index (χ0v) is 18.2. The third-order valence-corrected chi connectivity index (χ3v) is 5.50. The van der Waals surface area contributed by atoms with Crippen LogP contribution in [0.5, 0.6) is 11.5 Å². The Balaban J connectivity index is 1.84. The van der Waals surface area contributed by atoms with Gasteiger partial charge in [0.05, 0.1) is 13.2 Å². The van der Waals surface area contributed by atoms with Crippen molar-refractivity contribution in [1.82, 2.24) is 0 Å². The van der Waals surface area contributed by atoms with Crippen LogP contribution >= 0.6 is 0 Å². The lowest BCUT2D eigenvalue weighted by Gasteiger charge is -2.21. The molecule has 3 rings (SSSR count). The van der Waals surface area contributed by atoms with Crippen LogP contribution in [0.4, 0.5) is 0 Å². The average Bonchev–Trinajstić information content (AvgIpc) is 2.77. The summed E-state index contributed by atoms with van der Waals surface area (Å²) < 4.78 is 12.0. The minimum absolute atomic E-state index is 0.134.